The van der Waals surface area contributed by atoms with Gasteiger partial charge in [-0.25, -0.2) is 14.3 Å². The molecular weight excluding hydrogens is 504 g/mol. The van der Waals surface area contributed by atoms with Crippen LogP contribution in [0, 0.1) is 6.92 Å². The molecule has 0 bridgehead atoms. The highest BCUT2D eigenvalue weighted by molar-refractivity contribution is 5.96. The van der Waals surface area contributed by atoms with Gasteiger partial charge in [-0.05, 0) is 41.3 Å². The van der Waals surface area contributed by atoms with Gasteiger partial charge in [-0.15, -0.1) is 10.2 Å². The number of aromatic nitrogens is 8. The largest absolute Gasteiger partial charge is 0.478 e. The zero-order valence-corrected chi connectivity index (χ0v) is 22.2. The number of tetrazole rings is 1. The molecule has 0 atom stereocenters. The van der Waals surface area contributed by atoms with Crippen LogP contribution >= 0.6 is 0 Å². The minimum absolute atomic E-state index is 0.223. The molecule has 10 nitrogen and oxygen atoms in total. The summed E-state index contributed by atoms with van der Waals surface area (Å²) in [5.41, 5.74) is 6.34. The molecule has 6 aromatic rings. The molecule has 0 amide bonds. The van der Waals surface area contributed by atoms with E-state index in [0.717, 1.165) is 53.0 Å². The summed E-state index contributed by atoms with van der Waals surface area (Å²) in [7, 11) is 0. The van der Waals surface area contributed by atoms with Crippen molar-refractivity contribution in [1.29, 1.82) is 0 Å². The van der Waals surface area contributed by atoms with Crippen LogP contribution in [0.25, 0.3) is 39.5 Å². The molecular formula is C30H28N8O2. The van der Waals surface area contributed by atoms with E-state index in [1.54, 1.807) is 18.2 Å². The predicted molar refractivity (Wildman–Crippen MR) is 151 cm³/mol. The van der Waals surface area contributed by atoms with Gasteiger partial charge in [0, 0.05) is 17.5 Å². The molecule has 0 radical (unpaired) electrons. The van der Waals surface area contributed by atoms with Crippen LogP contribution in [-0.2, 0) is 13.0 Å². The topological polar surface area (TPSA) is 127 Å². The number of nitrogens with one attached hydrogen (secondary N) is 1. The highest BCUT2D eigenvalue weighted by Crippen LogP contribution is 2.31. The van der Waals surface area contributed by atoms with Gasteiger partial charge in [-0.3, -0.25) is 4.57 Å². The Kier molecular flexibility index (Phi) is 6.65. The van der Waals surface area contributed by atoms with Crippen LogP contribution < -0.4 is 0 Å². The average Bonchev–Trinajstić information content (AvgIpc) is 3.71. The highest BCUT2D eigenvalue weighted by atomic mass is 16.4. The Morgan fingerprint density at radius 1 is 0.950 bits per heavy atom. The first-order valence-electron chi connectivity index (χ1n) is 13.2. The number of carboxylic acids is 1. The van der Waals surface area contributed by atoms with Gasteiger partial charge in [-0.1, -0.05) is 80.1 Å². The van der Waals surface area contributed by atoms with Crippen molar-refractivity contribution in [3.63, 3.8) is 0 Å². The van der Waals surface area contributed by atoms with Crippen LogP contribution in [0.15, 0.2) is 72.8 Å². The second-order valence-corrected chi connectivity index (χ2v) is 9.69. The Balaban J connectivity index is 1.38. The maximum Gasteiger partial charge on any atom is 0.336 e. The fourth-order valence-electron chi connectivity index (χ4n) is 5.05. The van der Waals surface area contributed by atoms with Crippen LogP contribution in [-0.4, -0.2) is 50.9 Å². The minimum atomic E-state index is -0.979. The number of carboxylic acid groups (broad SMARTS) is 1. The molecule has 0 spiro atoms. The number of aryl methyl sites for hydroxylation is 2. The van der Waals surface area contributed by atoms with E-state index in [9.17, 15) is 9.90 Å². The van der Waals surface area contributed by atoms with Crippen LogP contribution in [0.1, 0.15) is 47.2 Å². The summed E-state index contributed by atoms with van der Waals surface area (Å²) in [6.45, 7) is 4.69. The van der Waals surface area contributed by atoms with E-state index in [4.69, 9.17) is 10.1 Å². The van der Waals surface area contributed by atoms with Crippen molar-refractivity contribution in [2.45, 2.75) is 39.7 Å². The van der Waals surface area contributed by atoms with E-state index in [-0.39, 0.29) is 5.56 Å². The Morgan fingerprint density at radius 2 is 1.68 bits per heavy atom. The fourth-order valence-corrected chi connectivity index (χ4v) is 5.05. The van der Waals surface area contributed by atoms with Crippen molar-refractivity contribution in [1.82, 2.24) is 39.8 Å². The number of carbonyl (C=O) groups is 1. The first-order valence-corrected chi connectivity index (χ1v) is 13.2. The second-order valence-electron chi connectivity index (χ2n) is 9.69. The Labute approximate surface area is 230 Å². The number of hydrogen-bond acceptors (Lipinski definition) is 6. The zero-order chi connectivity index (χ0) is 27.6. The van der Waals surface area contributed by atoms with Crippen molar-refractivity contribution >= 4 is 11.7 Å². The lowest BCUT2D eigenvalue weighted by molar-refractivity contribution is 0.0697. The molecule has 0 aliphatic rings. The van der Waals surface area contributed by atoms with Crippen molar-refractivity contribution < 1.29 is 9.90 Å². The first kappa shape index (κ1) is 25.2. The lowest BCUT2D eigenvalue weighted by Crippen LogP contribution is -2.06. The van der Waals surface area contributed by atoms with E-state index in [2.05, 4.69) is 56.4 Å². The third-order valence-electron chi connectivity index (χ3n) is 7.12. The third kappa shape index (κ3) is 4.53. The molecule has 0 saturated carbocycles. The SMILES string of the molecule is CCCCc1nn2c(C)c(-c3ccccc3C(=O)O)nc2n1Cc1ccc(-c2ccccc2-c2nn[nH]n2)cc1. The van der Waals surface area contributed by atoms with Gasteiger partial charge in [0.05, 0.1) is 23.5 Å². The normalized spacial score (nSPS) is 11.3. The number of imidazole rings is 1. The summed E-state index contributed by atoms with van der Waals surface area (Å²) in [4.78, 5) is 16.8. The van der Waals surface area contributed by atoms with Gasteiger partial charge in [0.25, 0.3) is 0 Å². The number of fused-ring (bicyclic) bond motifs is 1. The molecule has 6 rings (SSSR count). The monoisotopic (exact) mass is 532 g/mol. The average molecular weight is 533 g/mol. The molecule has 2 N–H and O–H groups in total. The quantitative estimate of drug-likeness (QED) is 0.254. The van der Waals surface area contributed by atoms with E-state index >= 15 is 0 Å². The standard InChI is InChI=1S/C30H28N8O2/c1-3-4-13-26-34-38-19(2)27(23-10-6-8-12-25(23)29(39)40)31-30(38)37(26)18-20-14-16-21(17-15-20)22-9-5-7-11-24(22)28-32-35-36-33-28/h5-12,14-17H,3-4,13,18H2,1-2H3,(H,39,40)(H,32,33,35,36). The predicted octanol–water partition coefficient (Wildman–Crippen LogP) is 5.44. The van der Waals surface area contributed by atoms with Crippen LogP contribution in [0.5, 0.6) is 0 Å². The number of benzene rings is 3. The number of nitrogens with zero attached hydrogens (tertiary/aromatic N) is 7. The molecule has 3 aromatic heterocycles. The molecule has 200 valence electrons. The maximum absolute atomic E-state index is 11.9. The molecule has 0 aliphatic carbocycles. The number of unbranched alkanes of at least 4 members (excludes halogenated alkanes) is 1. The highest BCUT2D eigenvalue weighted by Gasteiger charge is 2.22. The summed E-state index contributed by atoms with van der Waals surface area (Å²) >= 11 is 0. The van der Waals surface area contributed by atoms with Gasteiger partial charge >= 0.3 is 5.97 Å². The van der Waals surface area contributed by atoms with Crippen molar-refractivity contribution in [2.75, 3.05) is 0 Å². The number of aromatic amines is 1. The summed E-state index contributed by atoms with van der Waals surface area (Å²) in [6.07, 6.45) is 2.90. The van der Waals surface area contributed by atoms with Crippen molar-refractivity contribution in [3.8, 4) is 33.8 Å². The van der Waals surface area contributed by atoms with E-state index in [0.29, 0.717) is 29.4 Å². The van der Waals surface area contributed by atoms with Crippen LogP contribution in [0.2, 0.25) is 0 Å². The molecule has 3 aromatic carbocycles. The summed E-state index contributed by atoms with van der Waals surface area (Å²) < 4.78 is 3.98. The lowest BCUT2D eigenvalue weighted by atomic mass is 9.98. The lowest BCUT2D eigenvalue weighted by Gasteiger charge is -2.10. The van der Waals surface area contributed by atoms with E-state index in [1.807, 2.05) is 41.8 Å². The van der Waals surface area contributed by atoms with Crippen molar-refractivity contribution in [3.05, 3.63) is 95.4 Å². The molecule has 40 heavy (non-hydrogen) atoms. The number of hydrogen-bond donors (Lipinski definition) is 2. The molecule has 0 saturated heterocycles. The smallest absolute Gasteiger partial charge is 0.336 e. The summed E-state index contributed by atoms with van der Waals surface area (Å²) in [5, 5.41) is 29.2. The summed E-state index contributed by atoms with van der Waals surface area (Å²) in [6, 6.07) is 23.4. The van der Waals surface area contributed by atoms with Gasteiger partial charge in [0.1, 0.15) is 5.82 Å². The second kappa shape index (κ2) is 10.6. The number of H-pyrrole nitrogens is 1. The molecule has 0 aliphatic heterocycles. The van der Waals surface area contributed by atoms with Gasteiger partial charge in [-0.2, -0.15) is 10.3 Å². The molecule has 3 heterocycles. The van der Waals surface area contributed by atoms with Crippen LogP contribution in [0.4, 0.5) is 0 Å². The Bertz CT molecular complexity index is 1800. The fraction of sp³-hybridized carbons (Fsp3) is 0.200. The third-order valence-corrected chi connectivity index (χ3v) is 7.12. The first-order chi connectivity index (χ1) is 19.5. The van der Waals surface area contributed by atoms with E-state index in [1.165, 1.54) is 0 Å². The maximum atomic E-state index is 11.9. The summed E-state index contributed by atoms with van der Waals surface area (Å²) in [5.74, 6) is 1.23. The van der Waals surface area contributed by atoms with E-state index < -0.39 is 5.97 Å². The van der Waals surface area contributed by atoms with Gasteiger partial charge in [0.15, 0.2) is 0 Å². The van der Waals surface area contributed by atoms with Crippen molar-refractivity contribution in [2.24, 2.45) is 0 Å². The van der Waals surface area contributed by atoms with Gasteiger partial charge in [0.2, 0.25) is 11.6 Å². The number of rotatable bonds is 9. The molecule has 10 heteroatoms. The van der Waals surface area contributed by atoms with Crippen LogP contribution in [0.3, 0.4) is 0 Å². The van der Waals surface area contributed by atoms with Gasteiger partial charge < -0.3 is 5.11 Å². The minimum Gasteiger partial charge on any atom is -0.478 e. The number of aromatic carboxylic acids is 1. The Morgan fingerprint density at radius 3 is 2.38 bits per heavy atom. The molecule has 0 unspecified atom stereocenters. The zero-order valence-electron chi connectivity index (χ0n) is 22.2. The molecule has 0 fully saturated rings. The Hall–Kier alpha value is -5.12.